The summed E-state index contributed by atoms with van der Waals surface area (Å²) in [6, 6.07) is 0. The van der Waals surface area contributed by atoms with Crippen LogP contribution in [0.4, 0.5) is 0 Å². The third-order valence-corrected chi connectivity index (χ3v) is 4.37. The van der Waals surface area contributed by atoms with Crippen LogP contribution in [0.25, 0.3) is 11.2 Å². The molecule has 1 saturated carbocycles. The van der Waals surface area contributed by atoms with Gasteiger partial charge in [0.05, 0.1) is 6.33 Å². The Morgan fingerprint density at radius 3 is 2.60 bits per heavy atom. The fraction of sp³-hybridized carbons (Fsp3) is 0.643. The minimum absolute atomic E-state index is 0.214. The monoisotopic (exact) mass is 276 g/mol. The number of rotatable bonds is 2. The summed E-state index contributed by atoms with van der Waals surface area (Å²) in [5, 5.41) is 0. The average molecular weight is 276 g/mol. The third kappa shape index (κ3) is 1.99. The van der Waals surface area contributed by atoms with Gasteiger partial charge in [-0.25, -0.2) is 9.78 Å². The highest BCUT2D eigenvalue weighted by atomic mass is 16.2. The van der Waals surface area contributed by atoms with Gasteiger partial charge in [-0.3, -0.25) is 13.9 Å². The maximum atomic E-state index is 12.5. The van der Waals surface area contributed by atoms with Crippen LogP contribution in [-0.2, 0) is 20.6 Å². The van der Waals surface area contributed by atoms with E-state index in [0.717, 1.165) is 12.8 Å². The predicted octanol–water partition coefficient (Wildman–Crippen LogP) is 1.01. The lowest BCUT2D eigenvalue weighted by molar-refractivity contribution is 0.310. The molecule has 0 bridgehead atoms. The number of hydrogen-bond donors (Lipinski definition) is 0. The smallest absolute Gasteiger partial charge is 0.328 e. The molecular formula is C14H20N4O2. The molecule has 1 aliphatic rings. The van der Waals surface area contributed by atoms with Crippen molar-refractivity contribution in [1.29, 1.82) is 0 Å². The van der Waals surface area contributed by atoms with Crippen molar-refractivity contribution < 1.29 is 0 Å². The SMILES string of the molecule is Cn1cnc2c1c(=O)n(CC1CCCCC1)c(=O)n2C. The standard InChI is InChI=1S/C14H20N4O2/c1-16-9-15-12-11(16)13(19)18(14(20)17(12)2)8-10-6-4-3-5-7-10/h9-10H,3-8H2,1-2H3. The fourth-order valence-corrected chi connectivity index (χ4v) is 3.19. The van der Waals surface area contributed by atoms with Gasteiger partial charge in [0.25, 0.3) is 5.56 Å². The lowest BCUT2D eigenvalue weighted by Crippen LogP contribution is -2.41. The molecule has 2 aromatic rings. The molecule has 108 valence electrons. The Morgan fingerprint density at radius 2 is 1.90 bits per heavy atom. The van der Waals surface area contributed by atoms with Crippen molar-refractivity contribution >= 4 is 11.2 Å². The van der Waals surface area contributed by atoms with E-state index in [0.29, 0.717) is 23.6 Å². The second-order valence-corrected chi connectivity index (χ2v) is 5.79. The van der Waals surface area contributed by atoms with Crippen LogP contribution >= 0.6 is 0 Å². The molecule has 1 fully saturated rings. The lowest BCUT2D eigenvalue weighted by atomic mass is 9.89. The van der Waals surface area contributed by atoms with Gasteiger partial charge in [0.2, 0.25) is 0 Å². The first-order valence-corrected chi connectivity index (χ1v) is 7.20. The molecule has 0 spiro atoms. The zero-order chi connectivity index (χ0) is 14.3. The molecule has 2 aromatic heterocycles. The zero-order valence-corrected chi connectivity index (χ0v) is 12.0. The van der Waals surface area contributed by atoms with E-state index >= 15 is 0 Å². The molecule has 0 saturated heterocycles. The quantitative estimate of drug-likeness (QED) is 0.822. The van der Waals surface area contributed by atoms with Crippen LogP contribution in [0.15, 0.2) is 15.9 Å². The third-order valence-electron chi connectivity index (χ3n) is 4.37. The summed E-state index contributed by atoms with van der Waals surface area (Å²) in [5.41, 5.74) is 0.491. The molecule has 0 unspecified atom stereocenters. The van der Waals surface area contributed by atoms with Crippen molar-refractivity contribution in [2.24, 2.45) is 20.0 Å². The Hall–Kier alpha value is -1.85. The molecular weight excluding hydrogens is 256 g/mol. The minimum Gasteiger partial charge on any atom is -0.328 e. The second-order valence-electron chi connectivity index (χ2n) is 5.79. The van der Waals surface area contributed by atoms with Gasteiger partial charge in [0.15, 0.2) is 11.2 Å². The maximum absolute atomic E-state index is 12.5. The van der Waals surface area contributed by atoms with E-state index in [1.54, 1.807) is 25.0 Å². The van der Waals surface area contributed by atoms with E-state index in [2.05, 4.69) is 4.98 Å². The molecule has 0 aliphatic heterocycles. The molecule has 0 radical (unpaired) electrons. The van der Waals surface area contributed by atoms with E-state index < -0.39 is 0 Å². The van der Waals surface area contributed by atoms with E-state index in [-0.39, 0.29) is 11.2 Å². The summed E-state index contributed by atoms with van der Waals surface area (Å²) >= 11 is 0. The van der Waals surface area contributed by atoms with Crippen molar-refractivity contribution in [3.63, 3.8) is 0 Å². The maximum Gasteiger partial charge on any atom is 0.332 e. The summed E-state index contributed by atoms with van der Waals surface area (Å²) in [5.74, 6) is 0.444. The highest BCUT2D eigenvalue weighted by molar-refractivity contribution is 5.69. The van der Waals surface area contributed by atoms with E-state index in [1.165, 1.54) is 28.4 Å². The number of nitrogens with zero attached hydrogens (tertiary/aromatic N) is 4. The zero-order valence-electron chi connectivity index (χ0n) is 12.0. The Bertz CT molecular complexity index is 747. The first-order chi connectivity index (χ1) is 9.59. The van der Waals surface area contributed by atoms with Gasteiger partial charge in [-0.05, 0) is 18.8 Å². The normalized spacial score (nSPS) is 16.9. The first-order valence-electron chi connectivity index (χ1n) is 7.20. The first kappa shape index (κ1) is 13.1. The van der Waals surface area contributed by atoms with Crippen LogP contribution in [0.5, 0.6) is 0 Å². The molecule has 0 aromatic carbocycles. The molecule has 0 atom stereocenters. The average Bonchev–Trinajstić information content (AvgIpc) is 2.84. The van der Waals surface area contributed by atoms with Gasteiger partial charge < -0.3 is 4.57 Å². The van der Waals surface area contributed by atoms with Gasteiger partial charge in [0, 0.05) is 20.6 Å². The van der Waals surface area contributed by atoms with Crippen molar-refractivity contribution in [3.8, 4) is 0 Å². The van der Waals surface area contributed by atoms with Crippen LogP contribution in [0.3, 0.4) is 0 Å². The van der Waals surface area contributed by atoms with Gasteiger partial charge in [-0.2, -0.15) is 0 Å². The number of aryl methyl sites for hydroxylation is 2. The predicted molar refractivity (Wildman–Crippen MR) is 76.8 cm³/mol. The Morgan fingerprint density at radius 1 is 1.20 bits per heavy atom. The molecule has 2 heterocycles. The van der Waals surface area contributed by atoms with Crippen LogP contribution in [-0.4, -0.2) is 18.7 Å². The summed E-state index contributed by atoms with van der Waals surface area (Å²) in [7, 11) is 3.46. The van der Waals surface area contributed by atoms with Gasteiger partial charge in [0.1, 0.15) is 0 Å². The summed E-state index contributed by atoms with van der Waals surface area (Å²) in [4.78, 5) is 29.0. The number of hydrogen-bond acceptors (Lipinski definition) is 3. The highest BCUT2D eigenvalue weighted by Crippen LogP contribution is 2.24. The van der Waals surface area contributed by atoms with Gasteiger partial charge in [-0.1, -0.05) is 19.3 Å². The van der Waals surface area contributed by atoms with E-state index in [4.69, 9.17) is 0 Å². The van der Waals surface area contributed by atoms with E-state index in [9.17, 15) is 9.59 Å². The molecule has 6 nitrogen and oxygen atoms in total. The van der Waals surface area contributed by atoms with E-state index in [1.807, 2.05) is 0 Å². The van der Waals surface area contributed by atoms with Crippen LogP contribution < -0.4 is 11.2 Å². The van der Waals surface area contributed by atoms with Gasteiger partial charge >= 0.3 is 5.69 Å². The summed E-state index contributed by atoms with van der Waals surface area (Å²) < 4.78 is 4.55. The molecule has 6 heteroatoms. The topological polar surface area (TPSA) is 61.8 Å². The molecule has 1 aliphatic carbocycles. The lowest BCUT2D eigenvalue weighted by Gasteiger charge is -2.22. The number of imidazole rings is 1. The van der Waals surface area contributed by atoms with Crippen LogP contribution in [0, 0.1) is 5.92 Å². The molecule has 0 amide bonds. The van der Waals surface area contributed by atoms with Crippen molar-refractivity contribution in [3.05, 3.63) is 27.2 Å². The Labute approximate surface area is 116 Å². The van der Waals surface area contributed by atoms with Crippen molar-refractivity contribution in [1.82, 2.24) is 18.7 Å². The summed E-state index contributed by atoms with van der Waals surface area (Å²) in [6.07, 6.45) is 7.47. The molecule has 20 heavy (non-hydrogen) atoms. The van der Waals surface area contributed by atoms with Gasteiger partial charge in [-0.15, -0.1) is 0 Å². The second kappa shape index (κ2) is 4.92. The minimum atomic E-state index is -0.258. The fourth-order valence-electron chi connectivity index (χ4n) is 3.19. The van der Waals surface area contributed by atoms with Crippen molar-refractivity contribution in [2.45, 2.75) is 38.6 Å². The largest absolute Gasteiger partial charge is 0.332 e. The van der Waals surface area contributed by atoms with Crippen LogP contribution in [0.2, 0.25) is 0 Å². The highest BCUT2D eigenvalue weighted by Gasteiger charge is 2.19. The number of fused-ring (bicyclic) bond motifs is 1. The number of aromatic nitrogens is 4. The summed E-state index contributed by atoms with van der Waals surface area (Å²) in [6.45, 7) is 0.534. The van der Waals surface area contributed by atoms with Crippen molar-refractivity contribution in [2.75, 3.05) is 0 Å². The Kier molecular flexibility index (Phi) is 3.23. The molecule has 3 rings (SSSR count). The molecule has 0 N–H and O–H groups in total. The Balaban J connectivity index is 2.12. The van der Waals surface area contributed by atoms with Crippen LogP contribution in [0.1, 0.15) is 32.1 Å².